The van der Waals surface area contributed by atoms with Gasteiger partial charge in [-0.15, -0.1) is 0 Å². The van der Waals surface area contributed by atoms with Crippen LogP contribution in [0.25, 0.3) is 11.3 Å². The van der Waals surface area contributed by atoms with Crippen LogP contribution in [0.15, 0.2) is 50.4 Å². The van der Waals surface area contributed by atoms with Gasteiger partial charge in [0.25, 0.3) is 11.1 Å². The standard InChI is InChI=1S/C20H18N4O5/c1-9-15(18(25)23-21-9)17(16-10(2)22-24-19(16)26)14-8-7-13(29-14)11-3-5-12(6-4-11)20(27)28/h3-8,17H,1-2H3,(H,27,28)(H2,21,23,25)(H2,22,24,26)/p-1. The van der Waals surface area contributed by atoms with Crippen molar-refractivity contribution >= 4 is 5.97 Å². The molecule has 4 rings (SSSR count). The van der Waals surface area contributed by atoms with Crippen molar-refractivity contribution in [1.82, 2.24) is 20.4 Å². The van der Waals surface area contributed by atoms with Gasteiger partial charge in [-0.3, -0.25) is 19.8 Å². The maximum absolute atomic E-state index is 12.4. The number of H-pyrrole nitrogens is 4. The number of rotatable bonds is 5. The van der Waals surface area contributed by atoms with Gasteiger partial charge in [-0.25, -0.2) is 0 Å². The van der Waals surface area contributed by atoms with Crippen molar-refractivity contribution < 1.29 is 14.3 Å². The van der Waals surface area contributed by atoms with Gasteiger partial charge in [-0.1, -0.05) is 24.3 Å². The summed E-state index contributed by atoms with van der Waals surface area (Å²) < 4.78 is 6.00. The molecule has 0 aliphatic rings. The normalized spacial score (nSPS) is 11.3. The van der Waals surface area contributed by atoms with Gasteiger partial charge in [0.2, 0.25) is 0 Å². The summed E-state index contributed by atoms with van der Waals surface area (Å²) >= 11 is 0. The Hall–Kier alpha value is -4.01. The van der Waals surface area contributed by atoms with Crippen LogP contribution in [0.5, 0.6) is 0 Å². The third-order valence-electron chi connectivity index (χ3n) is 4.92. The van der Waals surface area contributed by atoms with Crippen LogP contribution in [0.1, 0.15) is 44.6 Å². The van der Waals surface area contributed by atoms with E-state index in [0.717, 1.165) is 0 Å². The van der Waals surface area contributed by atoms with Gasteiger partial charge < -0.3 is 24.5 Å². The fourth-order valence-corrected chi connectivity index (χ4v) is 3.47. The maximum atomic E-state index is 12.4. The van der Waals surface area contributed by atoms with Crippen LogP contribution in [-0.2, 0) is 0 Å². The molecule has 1 aromatic carbocycles. The van der Waals surface area contributed by atoms with Crippen LogP contribution >= 0.6 is 0 Å². The molecule has 0 fully saturated rings. The number of aromatic nitrogens is 4. The first-order valence-electron chi connectivity index (χ1n) is 8.82. The number of nitrogens with one attached hydrogen (secondary N) is 4. The Labute approximate surface area is 163 Å². The number of benzene rings is 1. The van der Waals surface area contributed by atoms with E-state index in [9.17, 15) is 19.5 Å². The summed E-state index contributed by atoms with van der Waals surface area (Å²) in [6, 6.07) is 9.46. The number of aromatic amines is 4. The fraction of sp³-hybridized carbons (Fsp3) is 0.150. The van der Waals surface area contributed by atoms with E-state index in [1.165, 1.54) is 12.1 Å². The SMILES string of the molecule is Cc1[nH][nH]c(=O)c1C(c1ccc(-c2ccc(C(=O)[O-])cc2)o1)c1c(C)[nH][nH]c1=O. The third kappa shape index (κ3) is 3.12. The molecular formula is C20H17N4O5-. The van der Waals surface area contributed by atoms with Crippen molar-refractivity contribution in [3.63, 3.8) is 0 Å². The molecule has 3 heterocycles. The molecule has 9 heteroatoms. The van der Waals surface area contributed by atoms with E-state index < -0.39 is 11.9 Å². The summed E-state index contributed by atoms with van der Waals surface area (Å²) in [7, 11) is 0. The lowest BCUT2D eigenvalue weighted by molar-refractivity contribution is -0.255. The fourth-order valence-electron chi connectivity index (χ4n) is 3.47. The highest BCUT2D eigenvalue weighted by Gasteiger charge is 2.30. The zero-order chi connectivity index (χ0) is 20.7. The minimum atomic E-state index is -1.26. The average molecular weight is 393 g/mol. The minimum absolute atomic E-state index is 0.0577. The van der Waals surface area contributed by atoms with Crippen LogP contribution in [-0.4, -0.2) is 26.4 Å². The molecule has 4 aromatic rings. The number of furan rings is 1. The second kappa shape index (κ2) is 6.86. The molecule has 0 spiro atoms. The molecule has 3 aromatic heterocycles. The van der Waals surface area contributed by atoms with Crippen molar-refractivity contribution in [3.05, 3.63) is 90.9 Å². The average Bonchev–Trinajstić information content (AvgIpc) is 3.39. The quantitative estimate of drug-likeness (QED) is 0.401. The third-order valence-corrected chi connectivity index (χ3v) is 4.92. The van der Waals surface area contributed by atoms with Crippen LogP contribution < -0.4 is 16.2 Å². The van der Waals surface area contributed by atoms with Gasteiger partial charge in [-0.05, 0) is 31.5 Å². The Morgan fingerprint density at radius 1 is 0.862 bits per heavy atom. The Bertz CT molecular complexity index is 1250. The number of carboxylic acids is 1. The van der Waals surface area contributed by atoms with Crippen molar-refractivity contribution in [2.75, 3.05) is 0 Å². The zero-order valence-electron chi connectivity index (χ0n) is 15.6. The molecular weight excluding hydrogens is 376 g/mol. The predicted molar refractivity (Wildman–Crippen MR) is 102 cm³/mol. The van der Waals surface area contributed by atoms with Gasteiger partial charge in [0, 0.05) is 17.0 Å². The van der Waals surface area contributed by atoms with E-state index >= 15 is 0 Å². The number of aromatic carboxylic acids is 1. The number of hydrogen-bond donors (Lipinski definition) is 4. The number of aryl methyl sites for hydroxylation is 2. The molecule has 0 unspecified atom stereocenters. The summed E-state index contributed by atoms with van der Waals surface area (Å²) in [6.45, 7) is 3.47. The van der Waals surface area contributed by atoms with Crippen LogP contribution in [0.2, 0.25) is 0 Å². The highest BCUT2D eigenvalue weighted by molar-refractivity contribution is 5.86. The molecule has 0 saturated carbocycles. The van der Waals surface area contributed by atoms with E-state index in [1.807, 2.05) is 0 Å². The smallest absolute Gasteiger partial charge is 0.268 e. The first kappa shape index (κ1) is 18.4. The van der Waals surface area contributed by atoms with Gasteiger partial charge in [0.1, 0.15) is 11.5 Å². The first-order valence-corrected chi connectivity index (χ1v) is 8.82. The van der Waals surface area contributed by atoms with Crippen LogP contribution in [0, 0.1) is 13.8 Å². The molecule has 0 aliphatic heterocycles. The lowest BCUT2D eigenvalue weighted by Crippen LogP contribution is -2.21. The van der Waals surface area contributed by atoms with Crippen molar-refractivity contribution in [2.45, 2.75) is 19.8 Å². The molecule has 4 N–H and O–H groups in total. The summed E-state index contributed by atoms with van der Waals surface area (Å²) in [6.07, 6.45) is 0. The zero-order valence-corrected chi connectivity index (χ0v) is 15.6. The van der Waals surface area contributed by atoms with Gasteiger partial charge >= 0.3 is 0 Å². The largest absolute Gasteiger partial charge is 0.545 e. The second-order valence-electron chi connectivity index (χ2n) is 6.74. The lowest BCUT2D eigenvalue weighted by atomic mass is 9.89. The van der Waals surface area contributed by atoms with Crippen LogP contribution in [0.3, 0.4) is 0 Å². The van der Waals surface area contributed by atoms with Gasteiger partial charge in [-0.2, -0.15) is 0 Å². The highest BCUT2D eigenvalue weighted by atomic mass is 16.4. The maximum Gasteiger partial charge on any atom is 0.268 e. The van der Waals surface area contributed by atoms with Gasteiger partial charge in [0.15, 0.2) is 0 Å². The van der Waals surface area contributed by atoms with E-state index in [-0.39, 0.29) is 16.7 Å². The topological polar surface area (TPSA) is 151 Å². The number of carbonyl (C=O) groups is 1. The predicted octanol–water partition coefficient (Wildman–Crippen LogP) is 1.14. The molecule has 0 amide bonds. The molecule has 0 radical (unpaired) electrons. The second-order valence-corrected chi connectivity index (χ2v) is 6.74. The summed E-state index contributed by atoms with van der Waals surface area (Å²) in [4.78, 5) is 35.8. The Balaban J connectivity index is 1.84. The van der Waals surface area contributed by atoms with E-state index in [2.05, 4.69) is 20.4 Å². The number of carbonyl (C=O) groups excluding carboxylic acids is 1. The Kier molecular flexibility index (Phi) is 4.34. The minimum Gasteiger partial charge on any atom is -0.545 e. The molecule has 0 aliphatic carbocycles. The molecule has 0 saturated heterocycles. The first-order chi connectivity index (χ1) is 13.9. The molecule has 0 bridgehead atoms. The molecule has 9 nitrogen and oxygen atoms in total. The van der Waals surface area contributed by atoms with E-state index in [0.29, 0.717) is 39.6 Å². The highest BCUT2D eigenvalue weighted by Crippen LogP contribution is 2.34. The number of hydrogen-bond acceptors (Lipinski definition) is 5. The van der Waals surface area contributed by atoms with E-state index in [4.69, 9.17) is 4.42 Å². The van der Waals surface area contributed by atoms with Crippen molar-refractivity contribution in [2.24, 2.45) is 0 Å². The molecule has 29 heavy (non-hydrogen) atoms. The lowest BCUT2D eigenvalue weighted by Gasteiger charge is -2.12. The molecule has 148 valence electrons. The van der Waals surface area contributed by atoms with Gasteiger partial charge in [0.05, 0.1) is 23.0 Å². The van der Waals surface area contributed by atoms with Crippen molar-refractivity contribution in [1.29, 1.82) is 0 Å². The van der Waals surface area contributed by atoms with Crippen LogP contribution in [0.4, 0.5) is 0 Å². The number of carboxylic acid groups (broad SMARTS) is 1. The monoisotopic (exact) mass is 393 g/mol. The Morgan fingerprint density at radius 2 is 1.41 bits per heavy atom. The molecule has 0 atom stereocenters. The van der Waals surface area contributed by atoms with Crippen molar-refractivity contribution in [3.8, 4) is 11.3 Å². The van der Waals surface area contributed by atoms with E-state index in [1.54, 1.807) is 38.1 Å². The summed E-state index contributed by atoms with van der Waals surface area (Å²) in [5, 5.41) is 21.6. The summed E-state index contributed by atoms with van der Waals surface area (Å²) in [5.41, 5.74) is 1.97. The Morgan fingerprint density at radius 3 is 1.86 bits per heavy atom. The summed E-state index contributed by atoms with van der Waals surface area (Å²) in [5.74, 6) is -1.10.